The number of pyridine rings is 1. The molecule has 0 aliphatic carbocycles. The van der Waals surface area contributed by atoms with Crippen molar-refractivity contribution in [2.24, 2.45) is 4.99 Å². The Morgan fingerprint density at radius 3 is 2.80 bits per heavy atom. The number of imidazole rings is 1. The lowest BCUT2D eigenvalue weighted by Crippen LogP contribution is -2.38. The normalized spacial score (nSPS) is 11.7. The number of aryl methyl sites for hydroxylation is 2. The summed E-state index contributed by atoms with van der Waals surface area (Å²) in [7, 11) is 3.44. The summed E-state index contributed by atoms with van der Waals surface area (Å²) in [6.07, 6.45) is 4.93. The first-order valence-corrected chi connectivity index (χ1v) is 10.2. The second kappa shape index (κ2) is 10.6. The monoisotopic (exact) mass is 409 g/mol. The first kappa shape index (κ1) is 21.6. The van der Waals surface area contributed by atoms with Crippen LogP contribution in [0.3, 0.4) is 0 Å². The van der Waals surface area contributed by atoms with E-state index in [1.54, 1.807) is 14.2 Å². The van der Waals surface area contributed by atoms with Crippen molar-refractivity contribution in [3.8, 4) is 5.75 Å². The first-order valence-electron chi connectivity index (χ1n) is 10.2. The number of aliphatic imine (C=N–C) groups is 1. The Morgan fingerprint density at radius 2 is 2.03 bits per heavy atom. The molecule has 0 atom stereocenters. The molecule has 0 bridgehead atoms. The molecule has 3 aromatic rings. The van der Waals surface area contributed by atoms with Crippen LogP contribution in [0.15, 0.2) is 47.7 Å². The van der Waals surface area contributed by atoms with Gasteiger partial charge in [0.1, 0.15) is 18.0 Å². The number of benzene rings is 1. The summed E-state index contributed by atoms with van der Waals surface area (Å²) in [5.41, 5.74) is 5.48. The molecule has 0 amide bonds. The number of fused-ring (bicyclic) bond motifs is 1. The fourth-order valence-electron chi connectivity index (χ4n) is 3.21. The number of methoxy groups -OCH3 is 1. The molecule has 0 saturated heterocycles. The van der Waals surface area contributed by atoms with E-state index in [1.165, 1.54) is 5.56 Å². The number of guanidine groups is 1. The minimum absolute atomic E-state index is 0.526. The van der Waals surface area contributed by atoms with Crippen molar-refractivity contribution in [1.82, 2.24) is 20.0 Å². The van der Waals surface area contributed by atoms with Gasteiger partial charge in [-0.2, -0.15) is 0 Å². The Balaban J connectivity index is 1.53. The number of nitrogens with zero attached hydrogens (tertiary/aromatic N) is 3. The summed E-state index contributed by atoms with van der Waals surface area (Å²) >= 11 is 0. The molecule has 160 valence electrons. The van der Waals surface area contributed by atoms with Crippen molar-refractivity contribution in [2.45, 2.75) is 26.8 Å². The Labute approximate surface area is 178 Å². The van der Waals surface area contributed by atoms with E-state index in [9.17, 15) is 0 Å². The van der Waals surface area contributed by atoms with Gasteiger partial charge in [0.2, 0.25) is 0 Å². The molecule has 2 aromatic heterocycles. The lowest BCUT2D eigenvalue weighted by molar-refractivity contribution is 0.145. The maximum atomic E-state index is 5.87. The summed E-state index contributed by atoms with van der Waals surface area (Å²) in [5.74, 6) is 1.62. The van der Waals surface area contributed by atoms with Gasteiger partial charge in [-0.1, -0.05) is 18.2 Å². The van der Waals surface area contributed by atoms with Gasteiger partial charge in [0.25, 0.3) is 0 Å². The van der Waals surface area contributed by atoms with Crippen LogP contribution in [0.1, 0.15) is 22.4 Å². The molecular weight excluding hydrogens is 378 g/mol. The standard InChI is InChI=1S/C23H31N5O2/c1-17-7-8-19(21(14-17)30-13-12-29-4)15-26-23(24-3)25-10-9-20-16-28-11-5-6-18(2)22(28)27-20/h5-8,11,14,16H,9-10,12-13,15H2,1-4H3,(H2,24,25,26). The van der Waals surface area contributed by atoms with E-state index in [-0.39, 0.29) is 0 Å². The topological polar surface area (TPSA) is 72.2 Å². The van der Waals surface area contributed by atoms with Crippen LogP contribution in [0.4, 0.5) is 0 Å². The fourth-order valence-corrected chi connectivity index (χ4v) is 3.21. The highest BCUT2D eigenvalue weighted by atomic mass is 16.5. The van der Waals surface area contributed by atoms with E-state index in [0.717, 1.165) is 47.1 Å². The summed E-state index contributed by atoms with van der Waals surface area (Å²) in [4.78, 5) is 9.04. The molecule has 30 heavy (non-hydrogen) atoms. The summed E-state index contributed by atoms with van der Waals surface area (Å²) < 4.78 is 13.0. The average molecular weight is 410 g/mol. The Morgan fingerprint density at radius 1 is 1.17 bits per heavy atom. The van der Waals surface area contributed by atoms with Crippen LogP contribution >= 0.6 is 0 Å². The van der Waals surface area contributed by atoms with Gasteiger partial charge in [0, 0.05) is 51.6 Å². The number of ether oxygens (including phenoxy) is 2. The molecule has 0 aliphatic rings. The van der Waals surface area contributed by atoms with Crippen LogP contribution in [0.25, 0.3) is 5.65 Å². The minimum Gasteiger partial charge on any atom is -0.491 e. The molecule has 0 spiro atoms. The molecule has 2 N–H and O–H groups in total. The Bertz CT molecular complexity index is 996. The van der Waals surface area contributed by atoms with Crippen molar-refractivity contribution in [3.63, 3.8) is 0 Å². The van der Waals surface area contributed by atoms with E-state index >= 15 is 0 Å². The van der Waals surface area contributed by atoms with Crippen molar-refractivity contribution in [1.29, 1.82) is 0 Å². The van der Waals surface area contributed by atoms with Gasteiger partial charge < -0.3 is 24.5 Å². The van der Waals surface area contributed by atoms with E-state index in [2.05, 4.69) is 58.3 Å². The number of rotatable bonds is 9. The van der Waals surface area contributed by atoms with Gasteiger partial charge in [0.05, 0.1) is 12.3 Å². The van der Waals surface area contributed by atoms with Crippen molar-refractivity contribution < 1.29 is 9.47 Å². The van der Waals surface area contributed by atoms with Crippen LogP contribution in [0, 0.1) is 13.8 Å². The lowest BCUT2D eigenvalue weighted by atomic mass is 10.1. The second-order valence-corrected chi connectivity index (χ2v) is 7.21. The Hall–Kier alpha value is -3.06. The fraction of sp³-hybridized carbons (Fsp3) is 0.391. The van der Waals surface area contributed by atoms with Gasteiger partial charge in [0.15, 0.2) is 5.96 Å². The van der Waals surface area contributed by atoms with Crippen LogP contribution in [-0.2, 0) is 17.7 Å². The van der Waals surface area contributed by atoms with Crippen molar-refractivity contribution >= 4 is 11.6 Å². The molecule has 0 aliphatic heterocycles. The third-order valence-corrected chi connectivity index (χ3v) is 4.84. The summed E-state index contributed by atoms with van der Waals surface area (Å²) in [6, 6.07) is 10.3. The van der Waals surface area contributed by atoms with Crippen LogP contribution in [-0.4, -0.2) is 49.3 Å². The zero-order valence-corrected chi connectivity index (χ0v) is 18.2. The SMILES string of the molecule is CN=C(NCCc1cn2cccc(C)c2n1)NCc1ccc(C)cc1OCCOC. The van der Waals surface area contributed by atoms with Crippen LogP contribution in [0.5, 0.6) is 5.75 Å². The maximum Gasteiger partial charge on any atom is 0.191 e. The third kappa shape index (κ3) is 5.73. The minimum atomic E-state index is 0.526. The van der Waals surface area contributed by atoms with Crippen LogP contribution in [0.2, 0.25) is 0 Å². The van der Waals surface area contributed by atoms with Gasteiger partial charge in [-0.3, -0.25) is 4.99 Å². The number of hydrogen-bond acceptors (Lipinski definition) is 4. The van der Waals surface area contributed by atoms with Crippen LogP contribution < -0.4 is 15.4 Å². The molecule has 0 fully saturated rings. The summed E-state index contributed by atoms with van der Waals surface area (Å²) in [5, 5.41) is 6.72. The summed E-state index contributed by atoms with van der Waals surface area (Å²) in [6.45, 7) is 6.59. The molecule has 2 heterocycles. The zero-order valence-electron chi connectivity index (χ0n) is 18.2. The second-order valence-electron chi connectivity index (χ2n) is 7.21. The predicted octanol–water partition coefficient (Wildman–Crippen LogP) is 2.88. The highest BCUT2D eigenvalue weighted by Crippen LogP contribution is 2.20. The first-order chi connectivity index (χ1) is 14.6. The zero-order chi connectivity index (χ0) is 21.3. The molecule has 1 aromatic carbocycles. The van der Waals surface area contributed by atoms with Gasteiger partial charge in [-0.05, 0) is 37.1 Å². The van der Waals surface area contributed by atoms with E-state index < -0.39 is 0 Å². The van der Waals surface area contributed by atoms with Gasteiger partial charge in [-0.25, -0.2) is 4.98 Å². The predicted molar refractivity (Wildman–Crippen MR) is 120 cm³/mol. The van der Waals surface area contributed by atoms with Crippen molar-refractivity contribution in [3.05, 3.63) is 65.1 Å². The Kier molecular flexibility index (Phi) is 7.68. The maximum absolute atomic E-state index is 5.87. The highest BCUT2D eigenvalue weighted by Gasteiger charge is 2.07. The van der Waals surface area contributed by atoms with E-state index in [1.807, 2.05) is 18.3 Å². The molecule has 0 saturated carbocycles. The molecule has 3 rings (SSSR count). The van der Waals surface area contributed by atoms with E-state index in [4.69, 9.17) is 14.5 Å². The average Bonchev–Trinajstić information content (AvgIpc) is 3.16. The highest BCUT2D eigenvalue weighted by molar-refractivity contribution is 5.79. The lowest BCUT2D eigenvalue weighted by Gasteiger charge is -2.15. The van der Waals surface area contributed by atoms with Gasteiger partial charge >= 0.3 is 0 Å². The quantitative estimate of drug-likeness (QED) is 0.323. The number of aromatic nitrogens is 2. The third-order valence-electron chi connectivity index (χ3n) is 4.84. The molecular formula is C23H31N5O2. The number of hydrogen-bond donors (Lipinski definition) is 2. The molecule has 0 radical (unpaired) electrons. The van der Waals surface area contributed by atoms with Crippen molar-refractivity contribution in [2.75, 3.05) is 33.9 Å². The molecule has 7 nitrogen and oxygen atoms in total. The molecule has 7 heteroatoms. The largest absolute Gasteiger partial charge is 0.491 e. The number of nitrogens with one attached hydrogen (secondary N) is 2. The smallest absolute Gasteiger partial charge is 0.191 e. The van der Waals surface area contributed by atoms with E-state index in [0.29, 0.717) is 19.8 Å². The van der Waals surface area contributed by atoms with Gasteiger partial charge in [-0.15, -0.1) is 0 Å². The molecule has 0 unspecified atom stereocenters.